The third kappa shape index (κ3) is 5.50. The van der Waals surface area contributed by atoms with Crippen LogP contribution in [0.5, 0.6) is 0 Å². The van der Waals surface area contributed by atoms with Crippen LogP contribution in [-0.2, 0) is 25.6 Å². The molecule has 2 aliphatic heterocycles. The summed E-state index contributed by atoms with van der Waals surface area (Å²) in [7, 11) is -9.10. The molecule has 2 saturated heterocycles. The average Bonchev–Trinajstić information content (AvgIpc) is 3.50. The molecule has 3 unspecified atom stereocenters. The molecule has 0 bridgehead atoms. The van der Waals surface area contributed by atoms with E-state index in [2.05, 4.69) is 14.9 Å². The lowest BCUT2D eigenvalue weighted by atomic mass is 10.0. The molecule has 1 saturated carbocycles. The Morgan fingerprint density at radius 1 is 1.14 bits per heavy atom. The van der Waals surface area contributed by atoms with Crippen LogP contribution >= 0.6 is 19.2 Å². The molecule has 3 fully saturated rings. The number of nitrogens with zero attached hydrogens (tertiary/aromatic N) is 4. The number of hydrogen-bond donors (Lipinski definition) is 4. The minimum Gasteiger partial charge on any atom is -0.387 e. The quantitative estimate of drug-likeness (QED) is 0.260. The number of aromatic nitrogens is 3. The van der Waals surface area contributed by atoms with Crippen LogP contribution in [0.2, 0.25) is 5.28 Å². The van der Waals surface area contributed by atoms with Gasteiger partial charge in [0.2, 0.25) is 5.28 Å². The molecule has 3 aliphatic rings. The molecule has 4 N–H and O–H groups in total. The zero-order chi connectivity index (χ0) is 25.8. The summed E-state index contributed by atoms with van der Waals surface area (Å²) in [5.41, 5.74) is -0.252. The Balaban J connectivity index is 1.33. The van der Waals surface area contributed by atoms with Crippen LogP contribution in [-0.4, -0.2) is 97.0 Å². The van der Waals surface area contributed by atoms with Crippen LogP contribution in [0.3, 0.4) is 0 Å². The number of likely N-dealkylation sites (tertiary alicyclic amines) is 1. The maximum absolute atomic E-state index is 12.2. The lowest BCUT2D eigenvalue weighted by Gasteiger charge is -2.18. The smallest absolute Gasteiger partial charge is 0.340 e. The molecule has 15 heteroatoms. The first-order chi connectivity index (χ1) is 16.9. The SMILES string of the molecule is O=P(O)(O)CS(=O)(=O)CC1O[C@@H](n2ccc3c(CCN4CC5CCCC5C4)nc(Cl)nc32)[C@H](O)[C@@H]1O. The molecule has 4 heterocycles. The average molecular weight is 565 g/mol. The fraction of sp³-hybridized carbons (Fsp3) is 0.714. The second-order valence-electron chi connectivity index (χ2n) is 10.1. The van der Waals surface area contributed by atoms with E-state index in [1.165, 1.54) is 23.8 Å². The number of hydrogen-bond acceptors (Lipinski definition) is 9. The van der Waals surface area contributed by atoms with Gasteiger partial charge in [-0.2, -0.15) is 4.98 Å². The van der Waals surface area contributed by atoms with Crippen LogP contribution in [0.15, 0.2) is 12.3 Å². The summed E-state index contributed by atoms with van der Waals surface area (Å²) in [6.45, 7) is 3.03. The van der Waals surface area contributed by atoms with E-state index in [0.29, 0.717) is 17.5 Å². The molecular weight excluding hydrogens is 535 g/mol. The van der Waals surface area contributed by atoms with Gasteiger partial charge in [0.05, 0.1) is 11.4 Å². The third-order valence-electron chi connectivity index (χ3n) is 7.48. The normalized spacial score (nSPS) is 31.5. The van der Waals surface area contributed by atoms with Crippen molar-refractivity contribution in [1.82, 2.24) is 19.4 Å². The van der Waals surface area contributed by atoms with E-state index < -0.39 is 53.2 Å². The number of ether oxygens (including phenoxy) is 1. The van der Waals surface area contributed by atoms with Crippen LogP contribution < -0.4 is 0 Å². The minimum absolute atomic E-state index is 0.0181. The van der Waals surface area contributed by atoms with E-state index in [9.17, 15) is 23.2 Å². The summed E-state index contributed by atoms with van der Waals surface area (Å²) in [6.07, 6.45) is 0.515. The Morgan fingerprint density at radius 2 is 1.83 bits per heavy atom. The van der Waals surface area contributed by atoms with E-state index >= 15 is 0 Å². The fourth-order valence-corrected chi connectivity index (χ4v) is 9.33. The Bertz CT molecular complexity index is 1270. The lowest BCUT2D eigenvalue weighted by Crippen LogP contribution is -2.35. The van der Waals surface area contributed by atoms with Gasteiger partial charge in [0, 0.05) is 37.6 Å². The summed E-state index contributed by atoms with van der Waals surface area (Å²) in [6, 6.07) is 1.76. The van der Waals surface area contributed by atoms with Crippen molar-refractivity contribution in [3.8, 4) is 0 Å². The van der Waals surface area contributed by atoms with Crippen molar-refractivity contribution < 1.29 is 37.7 Å². The van der Waals surface area contributed by atoms with Gasteiger partial charge in [0.15, 0.2) is 21.6 Å². The topological polar surface area (TPSA) is 175 Å². The fourth-order valence-electron chi connectivity index (χ4n) is 5.90. The number of halogens is 1. The number of aliphatic hydroxyl groups excluding tert-OH is 2. The molecule has 12 nitrogen and oxygen atoms in total. The molecule has 0 spiro atoms. The predicted molar refractivity (Wildman–Crippen MR) is 130 cm³/mol. The van der Waals surface area contributed by atoms with E-state index in [1.807, 2.05) is 0 Å². The summed E-state index contributed by atoms with van der Waals surface area (Å²) >= 11 is 6.22. The first-order valence-electron chi connectivity index (χ1n) is 11.9. The molecule has 5 rings (SSSR count). The van der Waals surface area contributed by atoms with Crippen LogP contribution in [0.4, 0.5) is 0 Å². The highest BCUT2D eigenvalue weighted by atomic mass is 35.5. The standard InChI is InChI=1S/C21H30ClN4O8PS/c22-21-23-15(5-6-25-8-12-2-1-3-13(12)9-25)14-4-7-26(19(14)24-21)20-18(28)17(27)16(34-20)10-36(32,33)11-35(29,30)31/h4,7,12-13,16-18,20,27-28H,1-3,5-6,8-11H2,(H2,29,30,31)/t12?,13?,16?,17-,18-,20-/m1/s1. The highest BCUT2D eigenvalue weighted by molar-refractivity contribution is 7.97. The number of fused-ring (bicyclic) bond motifs is 2. The van der Waals surface area contributed by atoms with Gasteiger partial charge in [-0.1, -0.05) is 6.42 Å². The molecule has 1 aliphatic carbocycles. The summed E-state index contributed by atoms with van der Waals surface area (Å²) in [5.74, 6) is 0.710. The molecule has 200 valence electrons. The molecule has 36 heavy (non-hydrogen) atoms. The van der Waals surface area contributed by atoms with Gasteiger partial charge >= 0.3 is 7.60 Å². The zero-order valence-corrected chi connectivity index (χ0v) is 21.9. The van der Waals surface area contributed by atoms with Crippen molar-refractivity contribution in [3.05, 3.63) is 23.2 Å². The molecule has 6 atom stereocenters. The summed E-state index contributed by atoms with van der Waals surface area (Å²) < 4.78 is 42.6. The summed E-state index contributed by atoms with van der Waals surface area (Å²) in [4.78, 5) is 29.2. The second-order valence-corrected chi connectivity index (χ2v) is 14.6. The van der Waals surface area contributed by atoms with Crippen molar-refractivity contribution in [1.29, 1.82) is 0 Å². The molecule has 2 aromatic rings. The van der Waals surface area contributed by atoms with Gasteiger partial charge in [-0.15, -0.1) is 0 Å². The van der Waals surface area contributed by atoms with Gasteiger partial charge in [0.25, 0.3) is 0 Å². The lowest BCUT2D eigenvalue weighted by molar-refractivity contribution is -0.0288. The van der Waals surface area contributed by atoms with Gasteiger partial charge in [-0.25, -0.2) is 13.4 Å². The predicted octanol–water partition coefficient (Wildman–Crippen LogP) is 0.528. The van der Waals surface area contributed by atoms with Crippen molar-refractivity contribution in [2.45, 2.75) is 50.2 Å². The van der Waals surface area contributed by atoms with Gasteiger partial charge in [-0.3, -0.25) is 4.57 Å². The Kier molecular flexibility index (Phi) is 7.25. The Morgan fingerprint density at radius 3 is 2.50 bits per heavy atom. The maximum atomic E-state index is 12.2. The molecule has 0 aromatic carbocycles. The molecular formula is C21H30ClN4O8PS. The largest absolute Gasteiger partial charge is 0.387 e. The number of sulfone groups is 1. The van der Waals surface area contributed by atoms with E-state index in [0.717, 1.165) is 37.2 Å². The molecule has 0 radical (unpaired) electrons. The first-order valence-corrected chi connectivity index (χ1v) is 15.9. The van der Waals surface area contributed by atoms with Gasteiger partial charge in [-0.05, 0) is 42.3 Å². The van der Waals surface area contributed by atoms with E-state index in [4.69, 9.17) is 26.1 Å². The number of aliphatic hydroxyl groups is 2. The first kappa shape index (κ1) is 26.5. The van der Waals surface area contributed by atoms with Crippen molar-refractivity contribution in [2.24, 2.45) is 11.8 Å². The van der Waals surface area contributed by atoms with Gasteiger partial charge in [0.1, 0.15) is 24.0 Å². The maximum Gasteiger partial charge on any atom is 0.340 e. The molecule has 2 aromatic heterocycles. The zero-order valence-electron chi connectivity index (χ0n) is 19.4. The minimum atomic E-state index is -4.83. The summed E-state index contributed by atoms with van der Waals surface area (Å²) in [5, 5.41) is 21.8. The Hall–Kier alpha value is -1.15. The third-order valence-corrected chi connectivity index (χ3v) is 11.4. The highest BCUT2D eigenvalue weighted by Crippen LogP contribution is 2.39. The van der Waals surface area contributed by atoms with E-state index in [1.54, 1.807) is 12.3 Å². The monoisotopic (exact) mass is 564 g/mol. The van der Waals surface area contributed by atoms with Crippen LogP contribution in [0.1, 0.15) is 31.2 Å². The van der Waals surface area contributed by atoms with Gasteiger partial charge < -0.3 is 34.2 Å². The van der Waals surface area contributed by atoms with Crippen molar-refractivity contribution in [3.63, 3.8) is 0 Å². The van der Waals surface area contributed by atoms with Crippen LogP contribution in [0, 0.1) is 11.8 Å². The van der Waals surface area contributed by atoms with Crippen molar-refractivity contribution in [2.75, 3.05) is 30.9 Å². The van der Waals surface area contributed by atoms with E-state index in [-0.39, 0.29) is 5.28 Å². The highest BCUT2D eigenvalue weighted by Gasteiger charge is 2.46. The molecule has 0 amide bonds. The second kappa shape index (κ2) is 9.87. The van der Waals surface area contributed by atoms with Crippen LogP contribution in [0.25, 0.3) is 11.0 Å². The number of rotatable bonds is 8. The van der Waals surface area contributed by atoms with Crippen molar-refractivity contribution >= 4 is 40.1 Å². The Labute approximate surface area is 213 Å².